The van der Waals surface area contributed by atoms with Gasteiger partial charge in [-0.3, -0.25) is 19.3 Å². The number of hydrogen-bond donors (Lipinski definition) is 3. The molecule has 1 heterocycles. The topological polar surface area (TPSA) is 182 Å². The van der Waals surface area contributed by atoms with E-state index in [1.807, 2.05) is 54.3 Å². The smallest absolute Gasteiger partial charge is 0.339 e. The summed E-state index contributed by atoms with van der Waals surface area (Å²) in [5, 5.41) is 27.3. The van der Waals surface area contributed by atoms with Crippen molar-refractivity contribution < 1.29 is 48.8 Å². The van der Waals surface area contributed by atoms with Gasteiger partial charge in [0.2, 0.25) is 5.91 Å². The van der Waals surface area contributed by atoms with Crippen molar-refractivity contribution >= 4 is 46.8 Å². The molecule has 9 rings (SSSR count). The lowest BCUT2D eigenvalue weighted by atomic mass is 9.45. The first kappa shape index (κ1) is 50.9. The Kier molecular flexibility index (Phi) is 16.4. The molecule has 4 saturated carbocycles. The standard InChI is InChI=1S/C47H59N3O6.C8H6O3.CH4O/c1-4-23-50(43(52)33-14-13-31-9-5-6-10-32(31)28-33)30-42(51)49-26-24-48(25-27-49)35-17-15-34-16-18-38-39-19-20-41(46(39,2)22-21-40(38)47(34,3)29-35)56-45(55)37-12-8-7-11-36(37)44(53)54;9-5-6-3-1-2-4-7(6)8(10)11;1-2/h5-14,28,34-35,38-41H,4,15-27,29-30H2,1-3H3,(H,53,54);1-5H,(H,10,11);2H,1H3. The third kappa shape index (κ3) is 10.6. The van der Waals surface area contributed by atoms with Gasteiger partial charge in [-0.15, -0.1) is 0 Å². The molecule has 368 valence electrons. The van der Waals surface area contributed by atoms with E-state index in [2.05, 4.69) is 18.7 Å². The third-order valence-electron chi connectivity index (χ3n) is 16.7. The van der Waals surface area contributed by atoms with Gasteiger partial charge in [0.1, 0.15) is 12.6 Å². The quantitative estimate of drug-likeness (QED) is 0.0964. The van der Waals surface area contributed by atoms with Gasteiger partial charge in [0, 0.05) is 62.4 Å². The van der Waals surface area contributed by atoms with Crippen molar-refractivity contribution in [2.45, 2.75) is 97.1 Å². The number of ether oxygens (including phenoxy) is 1. The summed E-state index contributed by atoms with van der Waals surface area (Å²) in [7, 11) is 1.00. The summed E-state index contributed by atoms with van der Waals surface area (Å²) in [5.41, 5.74) is 1.18. The maximum atomic E-state index is 13.7. The monoisotopic (exact) mass is 943 g/mol. The molecule has 1 saturated heterocycles. The molecule has 4 aliphatic carbocycles. The molecular weight excluding hydrogens is 875 g/mol. The molecule has 13 nitrogen and oxygen atoms in total. The van der Waals surface area contributed by atoms with Crippen LogP contribution in [0.25, 0.3) is 10.8 Å². The maximum absolute atomic E-state index is 13.7. The van der Waals surface area contributed by atoms with Gasteiger partial charge in [0.25, 0.3) is 5.91 Å². The number of carboxylic acid groups (broad SMARTS) is 2. The van der Waals surface area contributed by atoms with Crippen LogP contribution in [-0.4, -0.2) is 125 Å². The zero-order valence-corrected chi connectivity index (χ0v) is 40.6. The summed E-state index contributed by atoms with van der Waals surface area (Å²) in [5.74, 6) is -0.251. The minimum absolute atomic E-state index is 0.00467. The first-order valence-corrected chi connectivity index (χ1v) is 24.8. The zero-order valence-electron chi connectivity index (χ0n) is 40.6. The van der Waals surface area contributed by atoms with Gasteiger partial charge in [-0.2, -0.15) is 0 Å². The Hall–Kier alpha value is -5.92. The Labute approximate surface area is 405 Å². The number of aliphatic hydroxyl groups excluding tert-OH is 1. The molecule has 13 heteroatoms. The number of piperazine rings is 1. The van der Waals surface area contributed by atoms with E-state index in [0.29, 0.717) is 55.3 Å². The highest BCUT2D eigenvalue weighted by Crippen LogP contribution is 2.67. The number of fused-ring (bicyclic) bond motifs is 6. The van der Waals surface area contributed by atoms with Crippen LogP contribution in [0.3, 0.4) is 0 Å². The van der Waals surface area contributed by atoms with Crippen LogP contribution in [0.5, 0.6) is 0 Å². The van der Waals surface area contributed by atoms with Crippen molar-refractivity contribution in [3.63, 3.8) is 0 Å². The van der Waals surface area contributed by atoms with Gasteiger partial charge in [0.15, 0.2) is 6.29 Å². The molecule has 0 radical (unpaired) electrons. The van der Waals surface area contributed by atoms with Crippen molar-refractivity contribution in [1.29, 1.82) is 0 Å². The number of benzene rings is 4. The van der Waals surface area contributed by atoms with E-state index in [0.717, 1.165) is 69.0 Å². The van der Waals surface area contributed by atoms with E-state index in [1.54, 1.807) is 35.2 Å². The van der Waals surface area contributed by atoms with Gasteiger partial charge >= 0.3 is 17.9 Å². The van der Waals surface area contributed by atoms with Crippen molar-refractivity contribution in [2.24, 2.45) is 34.5 Å². The second kappa shape index (κ2) is 22.2. The summed E-state index contributed by atoms with van der Waals surface area (Å²) in [6, 6.07) is 26.8. The van der Waals surface area contributed by atoms with Crippen LogP contribution in [0.2, 0.25) is 0 Å². The van der Waals surface area contributed by atoms with Gasteiger partial charge in [-0.05, 0) is 134 Å². The number of nitrogens with zero attached hydrogens (tertiary/aromatic N) is 3. The molecule has 4 aromatic carbocycles. The number of amides is 2. The molecule has 1 aliphatic heterocycles. The van der Waals surface area contributed by atoms with Crippen LogP contribution in [0.4, 0.5) is 0 Å². The summed E-state index contributed by atoms with van der Waals surface area (Å²) in [6.45, 7) is 10.8. The van der Waals surface area contributed by atoms with E-state index in [-0.39, 0.29) is 57.5 Å². The first-order chi connectivity index (χ1) is 33.2. The fourth-order valence-electron chi connectivity index (χ4n) is 13.2. The molecular formula is C56H69N3O10. The van der Waals surface area contributed by atoms with Gasteiger partial charge < -0.3 is 29.9 Å². The predicted molar refractivity (Wildman–Crippen MR) is 263 cm³/mol. The Morgan fingerprint density at radius 3 is 2.00 bits per heavy atom. The lowest BCUT2D eigenvalue weighted by Gasteiger charge is -2.62. The van der Waals surface area contributed by atoms with Crippen molar-refractivity contribution in [1.82, 2.24) is 14.7 Å². The molecule has 0 aromatic heterocycles. The lowest BCUT2D eigenvalue weighted by Crippen LogP contribution is -2.59. The SMILES string of the molecule is CCCN(CC(=O)N1CCN(C2CCC3CCC4C(CCC5(C)C(OC(=O)c6ccccc6C(=O)O)CCC45)C3(C)C2)CC1)C(=O)c1ccc2ccccc2c1.CO.O=Cc1ccccc1C(=O)O. The molecule has 69 heavy (non-hydrogen) atoms. The molecule has 0 spiro atoms. The number of rotatable bonds is 11. The van der Waals surface area contributed by atoms with E-state index in [9.17, 15) is 33.9 Å². The fourth-order valence-corrected chi connectivity index (χ4v) is 13.2. The van der Waals surface area contributed by atoms with Gasteiger partial charge in [-0.1, -0.05) is 81.4 Å². The lowest BCUT2D eigenvalue weighted by molar-refractivity contribution is -0.139. The number of carbonyl (C=O) groups is 6. The highest BCUT2D eigenvalue weighted by molar-refractivity contribution is 6.02. The van der Waals surface area contributed by atoms with Gasteiger partial charge in [0.05, 0.1) is 16.7 Å². The number of carboxylic acids is 2. The third-order valence-corrected chi connectivity index (χ3v) is 16.7. The number of aromatic carboxylic acids is 2. The minimum atomic E-state index is -1.11. The van der Waals surface area contributed by atoms with Crippen LogP contribution in [0.15, 0.2) is 91.0 Å². The second-order valence-corrected chi connectivity index (χ2v) is 20.2. The van der Waals surface area contributed by atoms with Crippen LogP contribution < -0.4 is 0 Å². The number of aldehydes is 1. The first-order valence-electron chi connectivity index (χ1n) is 24.8. The number of esters is 1. The maximum Gasteiger partial charge on any atom is 0.339 e. The summed E-state index contributed by atoms with van der Waals surface area (Å²) in [6.07, 6.45) is 11.4. The zero-order chi connectivity index (χ0) is 49.5. The Morgan fingerprint density at radius 2 is 1.33 bits per heavy atom. The highest BCUT2D eigenvalue weighted by Gasteiger charge is 2.61. The van der Waals surface area contributed by atoms with Crippen LogP contribution in [-0.2, 0) is 9.53 Å². The normalized spacial score (nSPS) is 27.1. The number of carbonyl (C=O) groups excluding carboxylic acids is 4. The van der Waals surface area contributed by atoms with E-state index in [1.165, 1.54) is 50.3 Å². The summed E-state index contributed by atoms with van der Waals surface area (Å²) < 4.78 is 6.22. The average molecular weight is 944 g/mol. The second-order valence-electron chi connectivity index (χ2n) is 20.2. The molecule has 2 amide bonds. The van der Waals surface area contributed by atoms with E-state index < -0.39 is 17.9 Å². The predicted octanol–water partition coefficient (Wildman–Crippen LogP) is 8.98. The van der Waals surface area contributed by atoms with Crippen molar-refractivity contribution in [3.05, 3.63) is 119 Å². The number of aliphatic hydroxyl groups is 1. The van der Waals surface area contributed by atoms with Crippen LogP contribution in [0.1, 0.15) is 137 Å². The van der Waals surface area contributed by atoms with E-state index >= 15 is 0 Å². The molecule has 0 bridgehead atoms. The molecule has 5 fully saturated rings. The largest absolute Gasteiger partial charge is 0.478 e. The van der Waals surface area contributed by atoms with Crippen LogP contribution in [0, 0.1) is 34.5 Å². The summed E-state index contributed by atoms with van der Waals surface area (Å²) in [4.78, 5) is 79.6. The van der Waals surface area contributed by atoms with Crippen molar-refractivity contribution in [3.8, 4) is 0 Å². The molecule has 8 atom stereocenters. The molecule has 8 unspecified atom stereocenters. The van der Waals surface area contributed by atoms with E-state index in [4.69, 9.17) is 14.9 Å². The Balaban J connectivity index is 0.000000474. The average Bonchev–Trinajstić information content (AvgIpc) is 3.71. The molecule has 3 N–H and O–H groups in total. The minimum Gasteiger partial charge on any atom is -0.478 e. The number of hydrogen-bond acceptors (Lipinski definition) is 9. The van der Waals surface area contributed by atoms with Gasteiger partial charge in [-0.25, -0.2) is 14.4 Å². The van der Waals surface area contributed by atoms with Crippen molar-refractivity contribution in [2.75, 3.05) is 46.4 Å². The Bertz CT molecular complexity index is 2500. The molecule has 4 aromatic rings. The summed E-state index contributed by atoms with van der Waals surface area (Å²) >= 11 is 0. The molecule has 5 aliphatic rings. The fraction of sp³-hybridized carbons (Fsp3) is 0.500. The Morgan fingerprint density at radius 1 is 0.710 bits per heavy atom. The highest BCUT2D eigenvalue weighted by atomic mass is 16.5. The van der Waals surface area contributed by atoms with Crippen LogP contribution >= 0.6 is 0 Å².